The van der Waals surface area contributed by atoms with E-state index in [1.54, 1.807) is 18.8 Å². The number of morpholine rings is 1. The molecule has 1 N–H and O–H groups in total. The van der Waals surface area contributed by atoms with Crippen molar-refractivity contribution >= 4 is 5.96 Å². The van der Waals surface area contributed by atoms with Crippen molar-refractivity contribution in [3.63, 3.8) is 0 Å². The van der Waals surface area contributed by atoms with E-state index < -0.39 is 0 Å². The lowest BCUT2D eigenvalue weighted by atomic mass is 10.1. The third kappa shape index (κ3) is 4.75. The van der Waals surface area contributed by atoms with Crippen LogP contribution in [0.2, 0.25) is 0 Å². The number of nitrogens with zero attached hydrogens (tertiary/aromatic N) is 4. The first-order valence-electron chi connectivity index (χ1n) is 9.50. The van der Waals surface area contributed by atoms with E-state index in [0.29, 0.717) is 19.8 Å². The fourth-order valence-electron chi connectivity index (χ4n) is 3.26. The summed E-state index contributed by atoms with van der Waals surface area (Å²) in [6.45, 7) is 5.38. The van der Waals surface area contributed by atoms with E-state index >= 15 is 0 Å². The zero-order valence-corrected chi connectivity index (χ0v) is 17.0. The van der Waals surface area contributed by atoms with Crippen LogP contribution in [0.4, 0.5) is 0 Å². The summed E-state index contributed by atoms with van der Waals surface area (Å²) in [5, 5.41) is 7.69. The summed E-state index contributed by atoms with van der Waals surface area (Å²) in [5.74, 6) is 2.34. The molecule has 1 atom stereocenters. The zero-order chi connectivity index (χ0) is 19.9. The Morgan fingerprint density at radius 3 is 2.93 bits per heavy atom. The second kappa shape index (κ2) is 9.45. The first-order valence-corrected chi connectivity index (χ1v) is 9.50. The van der Waals surface area contributed by atoms with Crippen molar-refractivity contribution in [2.24, 2.45) is 12.0 Å². The molecule has 0 amide bonds. The Hall–Kier alpha value is -2.74. The van der Waals surface area contributed by atoms with Gasteiger partial charge in [0.05, 0.1) is 33.1 Å². The molecule has 1 aliphatic rings. The molecular formula is C20H29N5O3. The Morgan fingerprint density at radius 1 is 1.39 bits per heavy atom. The number of guanidine groups is 1. The van der Waals surface area contributed by atoms with Gasteiger partial charge in [0.15, 0.2) is 17.5 Å². The second-order valence-electron chi connectivity index (χ2n) is 6.57. The van der Waals surface area contributed by atoms with E-state index in [1.165, 1.54) is 0 Å². The Bertz CT molecular complexity index is 805. The first-order chi connectivity index (χ1) is 13.6. The lowest BCUT2D eigenvalue weighted by molar-refractivity contribution is -0.00805. The molecule has 0 aliphatic carbocycles. The number of methoxy groups -OCH3 is 1. The largest absolute Gasteiger partial charge is 0.493 e. The molecule has 3 rings (SSSR count). The highest BCUT2D eigenvalue weighted by Gasteiger charge is 2.25. The van der Waals surface area contributed by atoms with Gasteiger partial charge in [-0.15, -0.1) is 0 Å². The Kier molecular flexibility index (Phi) is 6.76. The number of rotatable bonds is 6. The van der Waals surface area contributed by atoms with Crippen LogP contribution < -0.4 is 14.8 Å². The molecule has 0 bridgehead atoms. The van der Waals surface area contributed by atoms with E-state index in [9.17, 15) is 0 Å². The molecule has 1 aromatic heterocycles. The fraction of sp³-hybridized carbons (Fsp3) is 0.500. The average molecular weight is 387 g/mol. The number of aromatic nitrogens is 2. The van der Waals surface area contributed by atoms with E-state index in [0.717, 1.165) is 41.7 Å². The predicted molar refractivity (Wildman–Crippen MR) is 108 cm³/mol. The molecule has 1 aromatic carbocycles. The maximum Gasteiger partial charge on any atom is 0.194 e. The van der Waals surface area contributed by atoms with Crippen LogP contribution in [-0.4, -0.2) is 61.1 Å². The van der Waals surface area contributed by atoms with Crippen molar-refractivity contribution in [2.75, 3.05) is 40.5 Å². The highest BCUT2D eigenvalue weighted by molar-refractivity contribution is 5.80. The number of hydrogen-bond donors (Lipinski definition) is 1. The maximum absolute atomic E-state index is 5.92. The highest BCUT2D eigenvalue weighted by Crippen LogP contribution is 2.28. The fourth-order valence-corrected chi connectivity index (χ4v) is 3.26. The Morgan fingerprint density at radius 2 is 2.25 bits per heavy atom. The van der Waals surface area contributed by atoms with Crippen molar-refractivity contribution < 1.29 is 14.2 Å². The van der Waals surface area contributed by atoms with E-state index in [-0.39, 0.29) is 6.10 Å². The second-order valence-corrected chi connectivity index (χ2v) is 6.57. The van der Waals surface area contributed by atoms with Crippen LogP contribution in [-0.2, 0) is 18.3 Å². The first kappa shape index (κ1) is 20.0. The van der Waals surface area contributed by atoms with E-state index in [1.807, 2.05) is 44.6 Å². The summed E-state index contributed by atoms with van der Waals surface area (Å²) in [5.41, 5.74) is 2.18. The van der Waals surface area contributed by atoms with Crippen molar-refractivity contribution in [2.45, 2.75) is 19.6 Å². The van der Waals surface area contributed by atoms with Gasteiger partial charge in [0, 0.05) is 38.9 Å². The predicted octanol–water partition coefficient (Wildman–Crippen LogP) is 1.98. The number of aliphatic imine (C=N–C) groups is 1. The minimum absolute atomic E-state index is 0.00783. The van der Waals surface area contributed by atoms with Crippen molar-refractivity contribution in [1.82, 2.24) is 20.0 Å². The molecule has 0 radical (unpaired) electrons. The number of benzene rings is 1. The van der Waals surface area contributed by atoms with Gasteiger partial charge in [0.2, 0.25) is 0 Å². The van der Waals surface area contributed by atoms with Gasteiger partial charge in [0.25, 0.3) is 0 Å². The standard InChI is InChI=1S/C20H29N5O3/c1-5-27-18-10-15(6-7-17(18)26-4)11-22-20(21-2)25-8-9-28-19(14-25)16-12-23-24(3)13-16/h6-7,10,12-13,19H,5,8-9,11,14H2,1-4H3,(H,21,22). The van der Waals surface area contributed by atoms with Crippen LogP contribution >= 0.6 is 0 Å². The minimum atomic E-state index is -0.00783. The highest BCUT2D eigenvalue weighted by atomic mass is 16.5. The monoisotopic (exact) mass is 387 g/mol. The third-order valence-electron chi connectivity index (χ3n) is 4.65. The molecule has 28 heavy (non-hydrogen) atoms. The van der Waals surface area contributed by atoms with Gasteiger partial charge in [-0.05, 0) is 24.6 Å². The molecule has 2 heterocycles. The summed E-state index contributed by atoms with van der Waals surface area (Å²) >= 11 is 0. The van der Waals surface area contributed by atoms with Gasteiger partial charge in [-0.25, -0.2) is 0 Å². The zero-order valence-electron chi connectivity index (χ0n) is 17.0. The molecule has 8 heteroatoms. The van der Waals surface area contributed by atoms with Crippen LogP contribution in [0.3, 0.4) is 0 Å². The maximum atomic E-state index is 5.92. The number of ether oxygens (including phenoxy) is 3. The van der Waals surface area contributed by atoms with Crippen LogP contribution in [0, 0.1) is 0 Å². The molecule has 0 saturated carbocycles. The number of hydrogen-bond acceptors (Lipinski definition) is 5. The van der Waals surface area contributed by atoms with Gasteiger partial charge in [-0.2, -0.15) is 5.10 Å². The summed E-state index contributed by atoms with van der Waals surface area (Å²) < 4.78 is 18.7. The van der Waals surface area contributed by atoms with Crippen LogP contribution in [0.15, 0.2) is 35.6 Å². The summed E-state index contributed by atoms with van der Waals surface area (Å²) in [7, 11) is 5.36. The van der Waals surface area contributed by atoms with Crippen LogP contribution in [0.25, 0.3) is 0 Å². The topological polar surface area (TPSA) is 73.1 Å². The van der Waals surface area contributed by atoms with E-state index in [4.69, 9.17) is 14.2 Å². The van der Waals surface area contributed by atoms with Gasteiger partial charge < -0.3 is 24.4 Å². The summed E-state index contributed by atoms with van der Waals surface area (Å²) in [6.07, 6.45) is 3.85. The molecule has 8 nitrogen and oxygen atoms in total. The van der Waals surface area contributed by atoms with Crippen molar-refractivity contribution in [1.29, 1.82) is 0 Å². The molecule has 1 saturated heterocycles. The normalized spacial score (nSPS) is 17.5. The van der Waals surface area contributed by atoms with Crippen molar-refractivity contribution in [3.8, 4) is 11.5 Å². The Labute approximate surface area is 166 Å². The minimum Gasteiger partial charge on any atom is -0.493 e. The molecule has 152 valence electrons. The molecule has 2 aromatic rings. The molecule has 1 aliphatic heterocycles. The Balaban J connectivity index is 1.63. The SMILES string of the molecule is CCOc1cc(CNC(=NC)N2CCOC(c3cnn(C)c3)C2)ccc1OC. The van der Waals surface area contributed by atoms with Gasteiger partial charge in [-0.1, -0.05) is 6.07 Å². The molecule has 0 spiro atoms. The smallest absolute Gasteiger partial charge is 0.194 e. The number of aryl methyl sites for hydroxylation is 1. The molecule has 1 unspecified atom stereocenters. The summed E-state index contributed by atoms with van der Waals surface area (Å²) in [6, 6.07) is 5.96. The van der Waals surface area contributed by atoms with Gasteiger partial charge in [0.1, 0.15) is 6.10 Å². The molecule has 1 fully saturated rings. The van der Waals surface area contributed by atoms with Crippen LogP contribution in [0.1, 0.15) is 24.2 Å². The van der Waals surface area contributed by atoms with Gasteiger partial charge in [-0.3, -0.25) is 9.67 Å². The summed E-state index contributed by atoms with van der Waals surface area (Å²) in [4.78, 5) is 6.67. The lowest BCUT2D eigenvalue weighted by Crippen LogP contribution is -2.47. The molecular weight excluding hydrogens is 358 g/mol. The van der Waals surface area contributed by atoms with Crippen LogP contribution in [0.5, 0.6) is 11.5 Å². The van der Waals surface area contributed by atoms with Gasteiger partial charge >= 0.3 is 0 Å². The van der Waals surface area contributed by atoms with Crippen molar-refractivity contribution in [3.05, 3.63) is 41.7 Å². The quantitative estimate of drug-likeness (QED) is 0.604. The lowest BCUT2D eigenvalue weighted by Gasteiger charge is -2.34. The number of nitrogens with one attached hydrogen (secondary N) is 1. The average Bonchev–Trinajstić information content (AvgIpc) is 3.16. The third-order valence-corrected chi connectivity index (χ3v) is 4.65. The van der Waals surface area contributed by atoms with E-state index in [2.05, 4.69) is 20.3 Å².